The number of rotatable bonds is 6. The van der Waals surface area contributed by atoms with Crippen LogP contribution in [-0.2, 0) is 11.3 Å². The fourth-order valence-electron chi connectivity index (χ4n) is 1.45. The van der Waals surface area contributed by atoms with Crippen LogP contribution < -0.4 is 9.47 Å². The third-order valence-corrected chi connectivity index (χ3v) is 2.17. The Bertz CT molecular complexity index is 303. The number of para-hydroxylation sites is 1. The van der Waals surface area contributed by atoms with Crippen LogP contribution in [0, 0.1) is 0 Å². The lowest BCUT2D eigenvalue weighted by Crippen LogP contribution is -2.19. The Labute approximate surface area is 95.8 Å². The third kappa shape index (κ3) is 3.12. The molecular formula is C12H18O4. The van der Waals surface area contributed by atoms with Gasteiger partial charge in [-0.25, -0.2) is 0 Å². The van der Waals surface area contributed by atoms with E-state index in [1.807, 2.05) is 13.0 Å². The van der Waals surface area contributed by atoms with E-state index in [-0.39, 0.29) is 12.7 Å². The summed E-state index contributed by atoms with van der Waals surface area (Å²) in [6.07, 6.45) is -0.0911. The van der Waals surface area contributed by atoms with Gasteiger partial charge < -0.3 is 19.3 Å². The van der Waals surface area contributed by atoms with E-state index in [0.29, 0.717) is 23.7 Å². The fraction of sp³-hybridized carbons (Fsp3) is 0.500. The molecular weight excluding hydrogens is 208 g/mol. The first kappa shape index (κ1) is 12.8. The van der Waals surface area contributed by atoms with E-state index in [1.54, 1.807) is 26.4 Å². The number of hydrogen-bond acceptors (Lipinski definition) is 4. The summed E-state index contributed by atoms with van der Waals surface area (Å²) < 4.78 is 15.9. The minimum absolute atomic E-state index is 0.0771. The van der Waals surface area contributed by atoms with Crippen LogP contribution in [0.2, 0.25) is 0 Å². The predicted octanol–water partition coefficient (Wildman–Crippen LogP) is 1.60. The molecule has 1 rings (SSSR count). The highest BCUT2D eigenvalue weighted by Gasteiger charge is 2.13. The molecule has 4 nitrogen and oxygen atoms in total. The van der Waals surface area contributed by atoms with Crippen molar-refractivity contribution in [2.75, 3.05) is 20.8 Å². The molecule has 0 aromatic heterocycles. The maximum absolute atomic E-state index is 9.21. The van der Waals surface area contributed by atoms with Gasteiger partial charge in [0.15, 0.2) is 11.5 Å². The fourth-order valence-corrected chi connectivity index (χ4v) is 1.45. The summed E-state index contributed by atoms with van der Waals surface area (Å²) in [5, 5.41) is 9.21. The Balaban J connectivity index is 2.90. The van der Waals surface area contributed by atoms with Gasteiger partial charge in [-0.1, -0.05) is 12.1 Å². The lowest BCUT2D eigenvalue weighted by molar-refractivity contribution is 0.0881. The predicted molar refractivity (Wildman–Crippen MR) is 60.9 cm³/mol. The minimum atomic E-state index is -0.0911. The van der Waals surface area contributed by atoms with Crippen molar-refractivity contribution in [2.45, 2.75) is 19.6 Å². The molecule has 0 spiro atoms. The first-order valence-electron chi connectivity index (χ1n) is 5.15. The average molecular weight is 226 g/mol. The first-order chi connectivity index (χ1) is 7.72. The van der Waals surface area contributed by atoms with Gasteiger partial charge in [0.1, 0.15) is 6.10 Å². The van der Waals surface area contributed by atoms with Crippen LogP contribution in [0.5, 0.6) is 11.5 Å². The average Bonchev–Trinajstić information content (AvgIpc) is 2.29. The molecule has 0 amide bonds. The number of aliphatic hydroxyl groups excluding tert-OH is 1. The summed E-state index contributed by atoms with van der Waals surface area (Å²) in [7, 11) is 3.19. The first-order valence-corrected chi connectivity index (χ1v) is 5.15. The molecule has 1 N–H and O–H groups in total. The van der Waals surface area contributed by atoms with E-state index >= 15 is 0 Å². The monoisotopic (exact) mass is 226 g/mol. The van der Waals surface area contributed by atoms with E-state index < -0.39 is 0 Å². The zero-order valence-corrected chi connectivity index (χ0v) is 9.90. The maximum Gasteiger partial charge on any atom is 0.167 e. The zero-order chi connectivity index (χ0) is 12.0. The number of aliphatic hydroxyl groups is 1. The molecule has 1 aromatic rings. The molecule has 16 heavy (non-hydrogen) atoms. The van der Waals surface area contributed by atoms with Gasteiger partial charge in [-0.2, -0.15) is 0 Å². The van der Waals surface area contributed by atoms with Crippen LogP contribution >= 0.6 is 0 Å². The molecule has 0 heterocycles. The van der Waals surface area contributed by atoms with Gasteiger partial charge in [-0.15, -0.1) is 0 Å². The van der Waals surface area contributed by atoms with Crippen LogP contribution in [0.4, 0.5) is 0 Å². The van der Waals surface area contributed by atoms with Crippen molar-refractivity contribution in [3.63, 3.8) is 0 Å². The van der Waals surface area contributed by atoms with Crippen molar-refractivity contribution in [1.82, 2.24) is 0 Å². The van der Waals surface area contributed by atoms with Crippen molar-refractivity contribution < 1.29 is 19.3 Å². The van der Waals surface area contributed by atoms with Gasteiger partial charge in [-0.05, 0) is 13.0 Å². The molecule has 0 fully saturated rings. The van der Waals surface area contributed by atoms with E-state index in [4.69, 9.17) is 14.2 Å². The van der Waals surface area contributed by atoms with Crippen LogP contribution in [0.25, 0.3) is 0 Å². The Hall–Kier alpha value is -1.26. The van der Waals surface area contributed by atoms with Gasteiger partial charge in [0, 0.05) is 12.7 Å². The summed E-state index contributed by atoms with van der Waals surface area (Å²) in [5.74, 6) is 1.20. The summed E-state index contributed by atoms with van der Waals surface area (Å²) >= 11 is 0. The van der Waals surface area contributed by atoms with E-state index in [1.165, 1.54) is 0 Å². The molecule has 1 atom stereocenters. The Morgan fingerprint density at radius 2 is 2.06 bits per heavy atom. The normalized spacial score (nSPS) is 12.2. The summed E-state index contributed by atoms with van der Waals surface area (Å²) in [6.45, 7) is 2.31. The topological polar surface area (TPSA) is 47.9 Å². The molecule has 4 heteroatoms. The third-order valence-electron chi connectivity index (χ3n) is 2.17. The molecule has 0 aliphatic carbocycles. The highest BCUT2D eigenvalue weighted by atomic mass is 16.5. The van der Waals surface area contributed by atoms with Gasteiger partial charge in [0.05, 0.1) is 20.3 Å². The summed E-state index contributed by atoms with van der Waals surface area (Å²) in [6, 6.07) is 5.42. The van der Waals surface area contributed by atoms with Crippen LogP contribution in [0.1, 0.15) is 12.5 Å². The van der Waals surface area contributed by atoms with Crippen molar-refractivity contribution in [3.05, 3.63) is 23.8 Å². The molecule has 1 unspecified atom stereocenters. The summed E-state index contributed by atoms with van der Waals surface area (Å²) in [4.78, 5) is 0. The summed E-state index contributed by atoms with van der Waals surface area (Å²) in [5.41, 5.74) is 0.710. The lowest BCUT2D eigenvalue weighted by atomic mass is 10.2. The van der Waals surface area contributed by atoms with Crippen LogP contribution in [0.15, 0.2) is 18.2 Å². The van der Waals surface area contributed by atoms with Crippen LogP contribution in [0.3, 0.4) is 0 Å². The second kappa shape index (κ2) is 6.35. The zero-order valence-electron chi connectivity index (χ0n) is 9.90. The molecule has 0 bridgehead atoms. The van der Waals surface area contributed by atoms with Crippen molar-refractivity contribution in [1.29, 1.82) is 0 Å². The standard InChI is InChI=1S/C12H18O4/c1-9(8-14-2)16-12-10(7-13)5-4-6-11(12)15-3/h4-6,9,13H,7-8H2,1-3H3. The molecule has 0 saturated carbocycles. The van der Waals surface area contributed by atoms with E-state index in [2.05, 4.69) is 0 Å². The second-order valence-electron chi connectivity index (χ2n) is 3.49. The van der Waals surface area contributed by atoms with Gasteiger partial charge >= 0.3 is 0 Å². The van der Waals surface area contributed by atoms with Crippen molar-refractivity contribution in [3.8, 4) is 11.5 Å². The quantitative estimate of drug-likeness (QED) is 0.800. The molecule has 0 radical (unpaired) electrons. The number of ether oxygens (including phenoxy) is 3. The molecule has 0 aliphatic rings. The lowest BCUT2D eigenvalue weighted by Gasteiger charge is -2.18. The van der Waals surface area contributed by atoms with E-state index in [0.717, 1.165) is 0 Å². The Morgan fingerprint density at radius 3 is 2.62 bits per heavy atom. The highest BCUT2D eigenvalue weighted by molar-refractivity contribution is 5.46. The molecule has 90 valence electrons. The Kier molecular flexibility index (Phi) is 5.08. The molecule has 0 saturated heterocycles. The SMILES string of the molecule is COCC(C)Oc1c(CO)cccc1OC. The minimum Gasteiger partial charge on any atom is -0.493 e. The van der Waals surface area contributed by atoms with Gasteiger partial charge in [0.2, 0.25) is 0 Å². The van der Waals surface area contributed by atoms with Gasteiger partial charge in [-0.3, -0.25) is 0 Å². The van der Waals surface area contributed by atoms with Gasteiger partial charge in [0.25, 0.3) is 0 Å². The number of benzene rings is 1. The highest BCUT2D eigenvalue weighted by Crippen LogP contribution is 2.31. The number of methoxy groups -OCH3 is 2. The van der Waals surface area contributed by atoms with Crippen molar-refractivity contribution >= 4 is 0 Å². The number of hydrogen-bond donors (Lipinski definition) is 1. The molecule has 1 aromatic carbocycles. The smallest absolute Gasteiger partial charge is 0.167 e. The second-order valence-corrected chi connectivity index (χ2v) is 3.49. The van der Waals surface area contributed by atoms with Crippen molar-refractivity contribution in [2.24, 2.45) is 0 Å². The van der Waals surface area contributed by atoms with E-state index in [9.17, 15) is 5.11 Å². The Morgan fingerprint density at radius 1 is 1.31 bits per heavy atom. The van der Waals surface area contributed by atoms with Crippen LogP contribution in [-0.4, -0.2) is 32.0 Å². The maximum atomic E-state index is 9.21. The molecule has 0 aliphatic heterocycles. The largest absolute Gasteiger partial charge is 0.493 e.